The molecule has 1 aromatic rings. The summed E-state index contributed by atoms with van der Waals surface area (Å²) in [4.78, 5) is 10.2. The maximum absolute atomic E-state index is 10.2. The van der Waals surface area contributed by atoms with Crippen LogP contribution in [0, 0.1) is 6.92 Å². The van der Waals surface area contributed by atoms with E-state index in [9.17, 15) is 15.0 Å². The third kappa shape index (κ3) is 2.45. The number of benzene rings is 1. The summed E-state index contributed by atoms with van der Waals surface area (Å²) in [6.07, 6.45) is -0.308. The minimum absolute atomic E-state index is 0.00301. The van der Waals surface area contributed by atoms with Gasteiger partial charge in [0.2, 0.25) is 0 Å². The van der Waals surface area contributed by atoms with E-state index in [-0.39, 0.29) is 23.5 Å². The van der Waals surface area contributed by atoms with Crippen LogP contribution in [-0.4, -0.2) is 22.8 Å². The maximum atomic E-state index is 10.2. The fraction of sp³-hybridized carbons (Fsp3) is 0.417. The lowest BCUT2D eigenvalue weighted by atomic mass is 9.91. The number of hydrogen-bond acceptors (Lipinski definition) is 4. The van der Waals surface area contributed by atoms with Crippen molar-refractivity contribution in [1.29, 1.82) is 0 Å². The summed E-state index contributed by atoms with van der Waals surface area (Å²) in [6, 6.07) is 2.86. The summed E-state index contributed by atoms with van der Waals surface area (Å²) < 4.78 is 4.85. The predicted molar refractivity (Wildman–Crippen MR) is 59.5 cm³/mol. The molecule has 0 saturated carbocycles. The van der Waals surface area contributed by atoms with Crippen LogP contribution in [-0.2, 0) is 9.53 Å². The van der Waals surface area contributed by atoms with Gasteiger partial charge in [0.25, 0.3) is 6.47 Å². The highest BCUT2D eigenvalue weighted by molar-refractivity contribution is 5.46. The molecule has 1 aromatic carbocycles. The van der Waals surface area contributed by atoms with E-state index < -0.39 is 0 Å². The quantitative estimate of drug-likeness (QED) is 0.768. The van der Waals surface area contributed by atoms with Gasteiger partial charge in [0.05, 0.1) is 0 Å². The number of carbonyl (C=O) groups is 1. The van der Waals surface area contributed by atoms with Gasteiger partial charge in [-0.05, 0) is 31.0 Å². The van der Waals surface area contributed by atoms with Crippen LogP contribution in [0.4, 0.5) is 0 Å². The van der Waals surface area contributed by atoms with Gasteiger partial charge in [-0.3, -0.25) is 4.79 Å². The molecule has 0 fully saturated rings. The Labute approximate surface area is 94.5 Å². The number of ether oxygens (including phenoxy) is 1. The number of carbonyl (C=O) groups excluding carboxylic acids is 1. The van der Waals surface area contributed by atoms with Gasteiger partial charge in [0, 0.05) is 12.0 Å². The molecule has 2 unspecified atom stereocenters. The molecule has 0 bridgehead atoms. The second-order valence-electron chi connectivity index (χ2n) is 3.91. The fourth-order valence-electron chi connectivity index (χ4n) is 1.64. The second-order valence-corrected chi connectivity index (χ2v) is 3.91. The van der Waals surface area contributed by atoms with Crippen LogP contribution in [0.5, 0.6) is 11.5 Å². The van der Waals surface area contributed by atoms with Crippen LogP contribution in [0.25, 0.3) is 0 Å². The Kier molecular flexibility index (Phi) is 3.77. The van der Waals surface area contributed by atoms with Gasteiger partial charge in [0.15, 0.2) is 0 Å². The highest BCUT2D eigenvalue weighted by Crippen LogP contribution is 2.33. The Hall–Kier alpha value is -1.71. The lowest BCUT2D eigenvalue weighted by Gasteiger charge is -2.21. The maximum Gasteiger partial charge on any atom is 0.293 e. The lowest BCUT2D eigenvalue weighted by molar-refractivity contribution is -0.133. The first-order valence-corrected chi connectivity index (χ1v) is 5.09. The third-order valence-corrected chi connectivity index (χ3v) is 2.87. The minimum Gasteiger partial charge on any atom is -0.508 e. The Morgan fingerprint density at radius 1 is 1.31 bits per heavy atom. The molecule has 2 atom stereocenters. The van der Waals surface area contributed by atoms with Gasteiger partial charge in [0.1, 0.15) is 17.6 Å². The molecule has 88 valence electrons. The molecule has 0 spiro atoms. The summed E-state index contributed by atoms with van der Waals surface area (Å²) in [6.45, 7) is 5.79. The predicted octanol–water partition coefficient (Wildman–Crippen LogP) is 2.07. The van der Waals surface area contributed by atoms with Crippen molar-refractivity contribution in [3.05, 3.63) is 23.3 Å². The monoisotopic (exact) mass is 224 g/mol. The van der Waals surface area contributed by atoms with Crippen LogP contribution in [0.2, 0.25) is 0 Å². The molecule has 4 nitrogen and oxygen atoms in total. The van der Waals surface area contributed by atoms with Crippen molar-refractivity contribution in [1.82, 2.24) is 0 Å². The first kappa shape index (κ1) is 12.4. The van der Waals surface area contributed by atoms with Gasteiger partial charge in [-0.25, -0.2) is 0 Å². The average molecular weight is 224 g/mol. The van der Waals surface area contributed by atoms with Crippen molar-refractivity contribution in [3.8, 4) is 11.5 Å². The first-order chi connectivity index (χ1) is 7.47. The summed E-state index contributed by atoms with van der Waals surface area (Å²) in [7, 11) is 0. The zero-order valence-corrected chi connectivity index (χ0v) is 9.60. The van der Waals surface area contributed by atoms with Gasteiger partial charge >= 0.3 is 0 Å². The van der Waals surface area contributed by atoms with E-state index in [0.29, 0.717) is 12.0 Å². The molecule has 1 rings (SSSR count). The van der Waals surface area contributed by atoms with Crippen molar-refractivity contribution in [2.45, 2.75) is 32.8 Å². The van der Waals surface area contributed by atoms with Crippen molar-refractivity contribution in [2.75, 3.05) is 0 Å². The van der Waals surface area contributed by atoms with Crippen LogP contribution in [0.15, 0.2) is 12.1 Å². The topological polar surface area (TPSA) is 66.8 Å². The van der Waals surface area contributed by atoms with E-state index in [0.717, 1.165) is 5.56 Å². The number of rotatable bonds is 4. The number of aromatic hydroxyl groups is 2. The van der Waals surface area contributed by atoms with E-state index in [1.54, 1.807) is 19.9 Å². The van der Waals surface area contributed by atoms with Crippen LogP contribution >= 0.6 is 0 Å². The van der Waals surface area contributed by atoms with Gasteiger partial charge in [-0.2, -0.15) is 0 Å². The fourth-order valence-corrected chi connectivity index (χ4v) is 1.64. The van der Waals surface area contributed by atoms with Crippen LogP contribution in [0.1, 0.15) is 30.9 Å². The third-order valence-electron chi connectivity index (χ3n) is 2.87. The van der Waals surface area contributed by atoms with E-state index in [1.807, 2.05) is 6.92 Å². The minimum atomic E-state index is -0.308. The molecule has 0 aliphatic rings. The van der Waals surface area contributed by atoms with Gasteiger partial charge < -0.3 is 14.9 Å². The van der Waals surface area contributed by atoms with Crippen LogP contribution in [0.3, 0.4) is 0 Å². The second kappa shape index (κ2) is 4.88. The van der Waals surface area contributed by atoms with Crippen molar-refractivity contribution >= 4 is 6.47 Å². The SMILES string of the molecule is Cc1c(O)cc(O)cc1C(C)C(C)OC=O. The zero-order chi connectivity index (χ0) is 12.3. The molecule has 16 heavy (non-hydrogen) atoms. The van der Waals surface area contributed by atoms with Crippen LogP contribution < -0.4 is 0 Å². The van der Waals surface area contributed by atoms with E-state index in [2.05, 4.69) is 0 Å². The average Bonchev–Trinajstić information content (AvgIpc) is 2.22. The zero-order valence-electron chi connectivity index (χ0n) is 9.60. The molecule has 0 aliphatic carbocycles. The highest BCUT2D eigenvalue weighted by Gasteiger charge is 2.19. The molecule has 0 aromatic heterocycles. The lowest BCUT2D eigenvalue weighted by Crippen LogP contribution is -2.16. The smallest absolute Gasteiger partial charge is 0.293 e. The van der Waals surface area contributed by atoms with Crippen molar-refractivity contribution < 1.29 is 19.7 Å². The Bertz CT molecular complexity index is 387. The standard InChI is InChI=1S/C12H16O4/c1-7(9(3)16-6-13)11-4-10(14)5-12(15)8(11)2/h4-7,9,14-15H,1-3H3. The number of phenols is 2. The Balaban J connectivity index is 3.07. The van der Waals surface area contributed by atoms with Crippen molar-refractivity contribution in [3.63, 3.8) is 0 Å². The summed E-state index contributed by atoms with van der Waals surface area (Å²) in [5, 5.41) is 19.0. The number of phenolic OH excluding ortho intramolecular Hbond substituents is 2. The van der Waals surface area contributed by atoms with E-state index in [4.69, 9.17) is 4.74 Å². The largest absolute Gasteiger partial charge is 0.508 e. The molecule has 0 radical (unpaired) electrons. The molecule has 2 N–H and O–H groups in total. The summed E-state index contributed by atoms with van der Waals surface area (Å²) in [5.41, 5.74) is 1.46. The molecular weight excluding hydrogens is 208 g/mol. The number of hydrogen-bond donors (Lipinski definition) is 2. The van der Waals surface area contributed by atoms with E-state index in [1.165, 1.54) is 6.07 Å². The molecule has 4 heteroatoms. The van der Waals surface area contributed by atoms with E-state index >= 15 is 0 Å². The highest BCUT2D eigenvalue weighted by atomic mass is 16.5. The Morgan fingerprint density at radius 2 is 1.94 bits per heavy atom. The molecule has 0 amide bonds. The molecule has 0 aliphatic heterocycles. The van der Waals surface area contributed by atoms with Gasteiger partial charge in [-0.15, -0.1) is 0 Å². The van der Waals surface area contributed by atoms with Gasteiger partial charge in [-0.1, -0.05) is 6.92 Å². The molecule has 0 heterocycles. The normalized spacial score (nSPS) is 14.2. The summed E-state index contributed by atoms with van der Waals surface area (Å²) >= 11 is 0. The van der Waals surface area contributed by atoms with Crippen molar-refractivity contribution in [2.24, 2.45) is 0 Å². The Morgan fingerprint density at radius 3 is 2.50 bits per heavy atom. The molecular formula is C12H16O4. The molecule has 0 saturated heterocycles. The first-order valence-electron chi connectivity index (χ1n) is 5.09. The summed E-state index contributed by atoms with van der Waals surface area (Å²) in [5.74, 6) is -0.0494.